The lowest BCUT2D eigenvalue weighted by molar-refractivity contribution is 0.212. The second-order valence-electron chi connectivity index (χ2n) is 2.96. The summed E-state index contributed by atoms with van der Waals surface area (Å²) in [6.07, 6.45) is -0.698. The zero-order valence-corrected chi connectivity index (χ0v) is 11.7. The highest BCUT2D eigenvalue weighted by Crippen LogP contribution is 2.32. The molecule has 1 atom stereocenters. The van der Waals surface area contributed by atoms with E-state index in [1.807, 2.05) is 11.4 Å². The van der Waals surface area contributed by atoms with Crippen molar-refractivity contribution in [2.24, 2.45) is 7.05 Å². The van der Waals surface area contributed by atoms with Crippen LogP contribution >= 0.6 is 43.2 Å². The van der Waals surface area contributed by atoms with E-state index < -0.39 is 6.10 Å². The van der Waals surface area contributed by atoms with Gasteiger partial charge in [-0.2, -0.15) is 0 Å². The van der Waals surface area contributed by atoms with E-state index in [0.29, 0.717) is 10.3 Å². The first kappa shape index (κ1) is 11.3. The van der Waals surface area contributed by atoms with Crippen LogP contribution in [0.2, 0.25) is 0 Å². The van der Waals surface area contributed by atoms with Gasteiger partial charge >= 0.3 is 0 Å². The van der Waals surface area contributed by atoms with Crippen LogP contribution in [0.5, 0.6) is 0 Å². The van der Waals surface area contributed by atoms with Gasteiger partial charge in [-0.3, -0.25) is 0 Å². The molecule has 0 saturated heterocycles. The van der Waals surface area contributed by atoms with E-state index >= 15 is 0 Å². The van der Waals surface area contributed by atoms with Gasteiger partial charge < -0.3 is 5.11 Å². The molecule has 0 aliphatic heterocycles. The number of aryl methyl sites for hydroxylation is 1. The number of aromatic nitrogens is 3. The van der Waals surface area contributed by atoms with Crippen molar-refractivity contribution in [2.75, 3.05) is 0 Å². The Morgan fingerprint density at radius 1 is 1.53 bits per heavy atom. The highest BCUT2D eigenvalue weighted by atomic mass is 79.9. The van der Waals surface area contributed by atoms with Gasteiger partial charge in [0.25, 0.3) is 0 Å². The summed E-state index contributed by atoms with van der Waals surface area (Å²) in [4.78, 5) is 0.855. The first-order valence-corrected chi connectivity index (χ1v) is 6.53. The maximum Gasteiger partial charge on any atom is 0.154 e. The van der Waals surface area contributed by atoms with E-state index in [-0.39, 0.29) is 0 Å². The van der Waals surface area contributed by atoms with Gasteiger partial charge in [-0.25, -0.2) is 4.68 Å². The molecule has 2 aromatic heterocycles. The van der Waals surface area contributed by atoms with Crippen molar-refractivity contribution in [1.29, 1.82) is 0 Å². The van der Waals surface area contributed by atoms with E-state index in [1.165, 1.54) is 11.3 Å². The Hall–Kier alpha value is -0.240. The summed E-state index contributed by atoms with van der Waals surface area (Å²) in [7, 11) is 1.75. The molecule has 2 rings (SSSR count). The number of nitrogens with zero attached hydrogens (tertiary/aromatic N) is 3. The third-order valence-corrected chi connectivity index (χ3v) is 4.25. The van der Waals surface area contributed by atoms with E-state index in [4.69, 9.17) is 0 Å². The largest absolute Gasteiger partial charge is 0.381 e. The standard InChI is InChI=1S/C8H7Br2N3OS/c1-13-6(8(10)11-12-13)7(14)5-2-4(9)3-15-5/h2-3,7,14H,1H3. The van der Waals surface area contributed by atoms with E-state index in [1.54, 1.807) is 11.7 Å². The Morgan fingerprint density at radius 2 is 2.27 bits per heavy atom. The van der Waals surface area contributed by atoms with Crippen molar-refractivity contribution in [3.63, 3.8) is 0 Å². The quantitative estimate of drug-likeness (QED) is 0.903. The molecule has 2 heterocycles. The minimum Gasteiger partial charge on any atom is -0.381 e. The first-order chi connectivity index (χ1) is 7.09. The molecule has 0 saturated carbocycles. The van der Waals surface area contributed by atoms with E-state index in [0.717, 1.165) is 9.35 Å². The van der Waals surface area contributed by atoms with Crippen LogP contribution in [0.4, 0.5) is 0 Å². The van der Waals surface area contributed by atoms with Crippen molar-refractivity contribution in [3.8, 4) is 0 Å². The molecule has 80 valence electrons. The molecule has 0 aliphatic carbocycles. The molecule has 0 amide bonds. The topological polar surface area (TPSA) is 50.9 Å². The second-order valence-corrected chi connectivity index (χ2v) is 5.57. The maximum atomic E-state index is 10.1. The number of hydrogen-bond donors (Lipinski definition) is 1. The van der Waals surface area contributed by atoms with Gasteiger partial charge in [0.2, 0.25) is 0 Å². The lowest BCUT2D eigenvalue weighted by atomic mass is 10.2. The third kappa shape index (κ3) is 2.15. The third-order valence-electron chi connectivity index (χ3n) is 1.94. The molecule has 0 aromatic carbocycles. The summed E-state index contributed by atoms with van der Waals surface area (Å²) in [6.45, 7) is 0. The molecule has 0 bridgehead atoms. The molecule has 1 N–H and O–H groups in total. The predicted molar refractivity (Wildman–Crippen MR) is 64.8 cm³/mol. The first-order valence-electron chi connectivity index (χ1n) is 4.06. The Labute approximate surface area is 107 Å². The fourth-order valence-electron chi connectivity index (χ4n) is 1.24. The summed E-state index contributed by atoms with van der Waals surface area (Å²) in [5.74, 6) is 0. The maximum absolute atomic E-state index is 10.1. The Morgan fingerprint density at radius 3 is 2.73 bits per heavy atom. The zero-order chi connectivity index (χ0) is 11.0. The molecule has 1 unspecified atom stereocenters. The lowest BCUT2D eigenvalue weighted by Crippen LogP contribution is -2.05. The Kier molecular flexibility index (Phi) is 3.24. The number of aliphatic hydroxyl groups is 1. The van der Waals surface area contributed by atoms with Crippen molar-refractivity contribution < 1.29 is 5.11 Å². The summed E-state index contributed by atoms with van der Waals surface area (Å²) in [5.41, 5.74) is 0.657. The molecule has 4 nitrogen and oxygen atoms in total. The molecular formula is C8H7Br2N3OS. The number of hydrogen-bond acceptors (Lipinski definition) is 4. The predicted octanol–water partition coefficient (Wildman–Crippen LogP) is 2.48. The highest BCUT2D eigenvalue weighted by molar-refractivity contribution is 9.10. The van der Waals surface area contributed by atoms with Crippen LogP contribution in [-0.2, 0) is 7.05 Å². The monoisotopic (exact) mass is 351 g/mol. The van der Waals surface area contributed by atoms with Crippen molar-refractivity contribution in [1.82, 2.24) is 15.0 Å². The van der Waals surface area contributed by atoms with Crippen LogP contribution < -0.4 is 0 Å². The normalized spacial score (nSPS) is 13.1. The van der Waals surface area contributed by atoms with Crippen LogP contribution in [0.1, 0.15) is 16.7 Å². The van der Waals surface area contributed by atoms with Crippen molar-refractivity contribution in [3.05, 3.63) is 31.1 Å². The van der Waals surface area contributed by atoms with Gasteiger partial charge in [0.05, 0.1) is 0 Å². The molecule has 15 heavy (non-hydrogen) atoms. The second kappa shape index (κ2) is 4.32. The van der Waals surface area contributed by atoms with Gasteiger partial charge in [0, 0.05) is 21.8 Å². The van der Waals surface area contributed by atoms with E-state index in [2.05, 4.69) is 42.2 Å². The SMILES string of the molecule is Cn1nnc(Br)c1C(O)c1cc(Br)cs1. The van der Waals surface area contributed by atoms with Gasteiger partial charge in [-0.15, -0.1) is 16.4 Å². The molecular weight excluding hydrogens is 346 g/mol. The minimum atomic E-state index is -0.698. The molecule has 7 heteroatoms. The number of rotatable bonds is 2. The highest BCUT2D eigenvalue weighted by Gasteiger charge is 2.20. The summed E-state index contributed by atoms with van der Waals surface area (Å²) in [5, 5.41) is 19.7. The van der Waals surface area contributed by atoms with Crippen LogP contribution in [0.3, 0.4) is 0 Å². The lowest BCUT2D eigenvalue weighted by Gasteiger charge is -2.08. The number of halogens is 2. The van der Waals surface area contributed by atoms with Crippen LogP contribution in [0, 0.1) is 0 Å². The molecule has 0 radical (unpaired) electrons. The van der Waals surface area contributed by atoms with Crippen LogP contribution in [0.15, 0.2) is 20.5 Å². The molecule has 0 spiro atoms. The Balaban J connectivity index is 2.40. The zero-order valence-electron chi connectivity index (χ0n) is 7.69. The smallest absolute Gasteiger partial charge is 0.154 e. The van der Waals surface area contributed by atoms with Gasteiger partial charge in [-0.05, 0) is 37.9 Å². The summed E-state index contributed by atoms with van der Waals surface area (Å²) >= 11 is 8.10. The average molecular weight is 353 g/mol. The van der Waals surface area contributed by atoms with Crippen molar-refractivity contribution in [2.45, 2.75) is 6.10 Å². The van der Waals surface area contributed by atoms with Gasteiger partial charge in [-0.1, -0.05) is 5.21 Å². The fourth-order valence-corrected chi connectivity index (χ4v) is 3.21. The van der Waals surface area contributed by atoms with Gasteiger partial charge in [0.1, 0.15) is 11.8 Å². The molecule has 0 fully saturated rings. The number of thiophene rings is 1. The van der Waals surface area contributed by atoms with Gasteiger partial charge in [0.15, 0.2) is 4.60 Å². The molecule has 2 aromatic rings. The average Bonchev–Trinajstić information content (AvgIpc) is 2.73. The fraction of sp³-hybridized carbons (Fsp3) is 0.250. The van der Waals surface area contributed by atoms with Crippen LogP contribution in [-0.4, -0.2) is 20.1 Å². The summed E-state index contributed by atoms with van der Waals surface area (Å²) in [6, 6.07) is 1.88. The van der Waals surface area contributed by atoms with Crippen molar-refractivity contribution >= 4 is 43.2 Å². The molecule has 0 aliphatic rings. The van der Waals surface area contributed by atoms with E-state index in [9.17, 15) is 5.11 Å². The Bertz CT molecular complexity index is 462. The van der Waals surface area contributed by atoms with Crippen LogP contribution in [0.25, 0.3) is 0 Å². The minimum absolute atomic E-state index is 0.571. The summed E-state index contributed by atoms with van der Waals surface area (Å²) < 4.78 is 3.09. The number of aliphatic hydroxyl groups excluding tert-OH is 1.